The van der Waals surface area contributed by atoms with Crippen molar-refractivity contribution in [1.29, 1.82) is 0 Å². The zero-order chi connectivity index (χ0) is 17.2. The van der Waals surface area contributed by atoms with E-state index in [9.17, 15) is 17.6 Å². The van der Waals surface area contributed by atoms with E-state index in [2.05, 4.69) is 10.3 Å². The van der Waals surface area contributed by atoms with Gasteiger partial charge in [-0.15, -0.1) is 0 Å². The summed E-state index contributed by atoms with van der Waals surface area (Å²) in [5, 5.41) is 2.75. The van der Waals surface area contributed by atoms with Crippen LogP contribution in [-0.2, 0) is 16.3 Å². The minimum Gasteiger partial charge on any atom is -0.348 e. The van der Waals surface area contributed by atoms with Crippen LogP contribution in [-0.4, -0.2) is 36.9 Å². The van der Waals surface area contributed by atoms with Gasteiger partial charge in [0, 0.05) is 29.9 Å². The van der Waals surface area contributed by atoms with Gasteiger partial charge in [0.25, 0.3) is 5.91 Å². The van der Waals surface area contributed by atoms with Crippen molar-refractivity contribution in [2.45, 2.75) is 18.9 Å². The Morgan fingerprint density at radius 1 is 1.25 bits per heavy atom. The monoisotopic (exact) mass is 348 g/mol. The van der Waals surface area contributed by atoms with Crippen LogP contribution >= 0.6 is 0 Å². The molecule has 0 radical (unpaired) electrons. The largest absolute Gasteiger partial charge is 0.348 e. The smallest absolute Gasteiger partial charge is 0.251 e. The number of sulfone groups is 1. The Bertz CT molecular complexity index is 850. The molecule has 2 heterocycles. The number of nitrogens with zero attached hydrogens (tertiary/aromatic N) is 1. The molecule has 2 aromatic rings. The van der Waals surface area contributed by atoms with Crippen molar-refractivity contribution in [3.63, 3.8) is 0 Å². The third-order valence-corrected chi connectivity index (χ3v) is 5.71. The quantitative estimate of drug-likeness (QED) is 0.913. The summed E-state index contributed by atoms with van der Waals surface area (Å²) in [5.41, 5.74) is 2.02. The molecule has 1 fully saturated rings. The maximum atomic E-state index is 12.9. The van der Waals surface area contributed by atoms with E-state index in [1.54, 1.807) is 30.5 Å². The Morgan fingerprint density at radius 3 is 2.67 bits per heavy atom. The minimum atomic E-state index is -3.03. The van der Waals surface area contributed by atoms with Crippen molar-refractivity contribution in [3.05, 3.63) is 65.2 Å². The van der Waals surface area contributed by atoms with E-state index < -0.39 is 9.84 Å². The molecule has 1 aliphatic heterocycles. The Hall–Kier alpha value is -2.28. The standard InChI is InChI=1S/C17H17FN2O3S/c18-14-3-1-12(2-4-14)9-16-10-13(5-7-19-16)17(21)20-15-6-8-24(22,23)11-15/h1-5,7,10,15H,6,8-9,11H2,(H,20,21)/t15-/m0/s1. The van der Waals surface area contributed by atoms with E-state index in [-0.39, 0.29) is 29.3 Å². The van der Waals surface area contributed by atoms with Crippen LogP contribution < -0.4 is 5.32 Å². The number of nitrogens with one attached hydrogen (secondary N) is 1. The van der Waals surface area contributed by atoms with Gasteiger partial charge < -0.3 is 5.32 Å². The molecule has 5 nitrogen and oxygen atoms in total. The van der Waals surface area contributed by atoms with Crippen LogP contribution in [0.1, 0.15) is 28.0 Å². The molecule has 24 heavy (non-hydrogen) atoms. The van der Waals surface area contributed by atoms with Gasteiger partial charge >= 0.3 is 0 Å². The predicted octanol–water partition coefficient (Wildman–Crippen LogP) is 1.73. The third-order valence-electron chi connectivity index (χ3n) is 3.94. The van der Waals surface area contributed by atoms with Gasteiger partial charge in [-0.2, -0.15) is 0 Å². The summed E-state index contributed by atoms with van der Waals surface area (Å²) in [6, 6.07) is 9.03. The highest BCUT2D eigenvalue weighted by Gasteiger charge is 2.29. The van der Waals surface area contributed by atoms with Crippen molar-refractivity contribution in [1.82, 2.24) is 10.3 Å². The second kappa shape index (κ2) is 6.68. The van der Waals surface area contributed by atoms with Crippen LogP contribution in [0.2, 0.25) is 0 Å². The third kappa shape index (κ3) is 4.17. The normalized spacial score (nSPS) is 19.1. The molecular formula is C17H17FN2O3S. The van der Waals surface area contributed by atoms with E-state index in [1.807, 2.05) is 0 Å². The van der Waals surface area contributed by atoms with Crippen LogP contribution in [0.25, 0.3) is 0 Å². The van der Waals surface area contributed by atoms with E-state index >= 15 is 0 Å². The number of rotatable bonds is 4. The van der Waals surface area contributed by atoms with Gasteiger partial charge in [-0.1, -0.05) is 12.1 Å². The Labute approximate surface area is 139 Å². The number of hydrogen-bond donors (Lipinski definition) is 1. The second-order valence-electron chi connectivity index (χ2n) is 5.91. The summed E-state index contributed by atoms with van der Waals surface area (Å²) in [5.74, 6) is -0.498. The first-order valence-electron chi connectivity index (χ1n) is 7.62. The zero-order valence-electron chi connectivity index (χ0n) is 12.9. The number of amides is 1. The van der Waals surface area contributed by atoms with Crippen LogP contribution in [0, 0.1) is 5.82 Å². The Kier molecular flexibility index (Phi) is 4.62. The Morgan fingerprint density at radius 2 is 2.00 bits per heavy atom. The molecule has 1 saturated heterocycles. The van der Waals surface area contributed by atoms with Gasteiger partial charge in [-0.05, 0) is 36.2 Å². The fourth-order valence-electron chi connectivity index (χ4n) is 2.71. The molecule has 1 aliphatic rings. The summed E-state index contributed by atoms with van der Waals surface area (Å²) >= 11 is 0. The molecule has 7 heteroatoms. The first kappa shape index (κ1) is 16.6. The second-order valence-corrected chi connectivity index (χ2v) is 8.14. The maximum Gasteiger partial charge on any atom is 0.251 e. The molecule has 1 aromatic heterocycles. The van der Waals surface area contributed by atoms with Crippen molar-refractivity contribution in [2.24, 2.45) is 0 Å². The molecule has 126 valence electrons. The minimum absolute atomic E-state index is 0.00768. The highest BCUT2D eigenvalue weighted by Crippen LogP contribution is 2.13. The summed E-state index contributed by atoms with van der Waals surface area (Å²) in [7, 11) is -3.03. The van der Waals surface area contributed by atoms with E-state index in [1.165, 1.54) is 12.1 Å². The van der Waals surface area contributed by atoms with Crippen LogP contribution in [0.15, 0.2) is 42.6 Å². The molecule has 0 aliphatic carbocycles. The molecule has 0 unspecified atom stereocenters. The Balaban J connectivity index is 1.68. The average molecular weight is 348 g/mol. The van der Waals surface area contributed by atoms with Gasteiger partial charge in [0.1, 0.15) is 5.82 Å². The molecular weight excluding hydrogens is 331 g/mol. The number of pyridine rings is 1. The van der Waals surface area contributed by atoms with Crippen LogP contribution in [0.3, 0.4) is 0 Å². The van der Waals surface area contributed by atoms with Gasteiger partial charge in [-0.25, -0.2) is 12.8 Å². The maximum absolute atomic E-state index is 12.9. The molecule has 0 saturated carbocycles. The number of halogens is 1. The molecule has 1 atom stereocenters. The number of carbonyl (C=O) groups is 1. The summed E-state index contributed by atoms with van der Waals surface area (Å²) < 4.78 is 35.8. The van der Waals surface area contributed by atoms with Crippen molar-refractivity contribution in [3.8, 4) is 0 Å². The first-order valence-corrected chi connectivity index (χ1v) is 9.44. The van der Waals surface area contributed by atoms with Crippen molar-refractivity contribution >= 4 is 15.7 Å². The van der Waals surface area contributed by atoms with Gasteiger partial charge in [0.2, 0.25) is 0 Å². The lowest BCUT2D eigenvalue weighted by atomic mass is 10.1. The topological polar surface area (TPSA) is 76.1 Å². The molecule has 1 aromatic carbocycles. The van der Waals surface area contributed by atoms with Gasteiger partial charge in [0.05, 0.1) is 11.5 Å². The predicted molar refractivity (Wildman–Crippen MR) is 88.0 cm³/mol. The summed E-state index contributed by atoms with van der Waals surface area (Å²) in [6.45, 7) is 0. The fourth-order valence-corrected chi connectivity index (χ4v) is 4.38. The van der Waals surface area contributed by atoms with E-state index in [0.717, 1.165) is 5.56 Å². The lowest BCUT2D eigenvalue weighted by Gasteiger charge is -2.11. The van der Waals surface area contributed by atoms with Crippen LogP contribution in [0.4, 0.5) is 4.39 Å². The highest BCUT2D eigenvalue weighted by atomic mass is 32.2. The SMILES string of the molecule is O=C(N[C@H]1CCS(=O)(=O)C1)c1ccnc(Cc2ccc(F)cc2)c1. The zero-order valence-corrected chi connectivity index (χ0v) is 13.7. The molecule has 0 bridgehead atoms. The molecule has 1 N–H and O–H groups in total. The number of aromatic nitrogens is 1. The molecule has 0 spiro atoms. The van der Waals surface area contributed by atoms with Gasteiger partial charge in [0.15, 0.2) is 9.84 Å². The lowest BCUT2D eigenvalue weighted by molar-refractivity contribution is 0.0941. The number of carbonyl (C=O) groups excluding carboxylic acids is 1. The van der Waals surface area contributed by atoms with Crippen LogP contribution in [0.5, 0.6) is 0 Å². The summed E-state index contributed by atoms with van der Waals surface area (Å²) in [4.78, 5) is 16.5. The first-order chi connectivity index (χ1) is 11.4. The highest BCUT2D eigenvalue weighted by molar-refractivity contribution is 7.91. The molecule has 1 amide bonds. The van der Waals surface area contributed by atoms with Crippen molar-refractivity contribution in [2.75, 3.05) is 11.5 Å². The molecule has 3 rings (SSSR count). The number of hydrogen-bond acceptors (Lipinski definition) is 4. The fraction of sp³-hybridized carbons (Fsp3) is 0.294. The summed E-state index contributed by atoms with van der Waals surface area (Å²) in [6.07, 6.45) is 2.47. The number of benzene rings is 1. The van der Waals surface area contributed by atoms with Gasteiger partial charge in [-0.3, -0.25) is 9.78 Å². The van der Waals surface area contributed by atoms with E-state index in [4.69, 9.17) is 0 Å². The van der Waals surface area contributed by atoms with E-state index in [0.29, 0.717) is 24.1 Å². The van der Waals surface area contributed by atoms with Crippen molar-refractivity contribution < 1.29 is 17.6 Å². The lowest BCUT2D eigenvalue weighted by Crippen LogP contribution is -2.35. The average Bonchev–Trinajstić information content (AvgIpc) is 2.88.